The van der Waals surface area contributed by atoms with Crippen LogP contribution in [0, 0.1) is 5.92 Å². The predicted octanol–water partition coefficient (Wildman–Crippen LogP) is 4.05. The van der Waals surface area contributed by atoms with Crippen molar-refractivity contribution >= 4 is 22.0 Å². The molecule has 1 heterocycles. The van der Waals surface area contributed by atoms with Crippen molar-refractivity contribution in [2.45, 2.75) is 32.3 Å². The molecular weight excluding hydrogens is 374 g/mol. The third-order valence-corrected chi connectivity index (χ3v) is 4.96. The van der Waals surface area contributed by atoms with Crippen LogP contribution in [0.4, 0.5) is 4.79 Å². The van der Waals surface area contributed by atoms with Crippen molar-refractivity contribution in [1.82, 2.24) is 4.90 Å². The van der Waals surface area contributed by atoms with E-state index in [1.807, 2.05) is 39.0 Å². The van der Waals surface area contributed by atoms with E-state index >= 15 is 0 Å². The molecule has 0 N–H and O–H groups in total. The van der Waals surface area contributed by atoms with Gasteiger partial charge in [-0.1, -0.05) is 28.1 Å². The fraction of sp³-hybridized carbons (Fsp3) is 0.611. The highest BCUT2D eigenvalue weighted by Gasteiger charge is 2.39. The van der Waals surface area contributed by atoms with E-state index in [1.54, 1.807) is 19.1 Å². The van der Waals surface area contributed by atoms with Gasteiger partial charge in [0.25, 0.3) is 0 Å². The van der Waals surface area contributed by atoms with E-state index in [4.69, 9.17) is 14.2 Å². The zero-order valence-corrected chi connectivity index (χ0v) is 16.6. The Balaban J connectivity index is 2.26. The zero-order chi connectivity index (χ0) is 17.9. The second-order valence-electron chi connectivity index (χ2n) is 6.99. The highest BCUT2D eigenvalue weighted by Crippen LogP contribution is 2.42. The molecule has 134 valence electrons. The average Bonchev–Trinajstić information content (AvgIpc) is 2.96. The van der Waals surface area contributed by atoms with Crippen LogP contribution in [0.15, 0.2) is 18.2 Å². The summed E-state index contributed by atoms with van der Waals surface area (Å²) in [6.07, 6.45) is -0.266. The molecule has 2 rings (SSSR count). The highest BCUT2D eigenvalue weighted by molar-refractivity contribution is 9.09. The SMILES string of the molecule is COc1cccc([C@H]2CN(C(=O)OC(C)(C)C)C[C@@H]2CBr)c1OC. The quantitative estimate of drug-likeness (QED) is 0.716. The lowest BCUT2D eigenvalue weighted by Crippen LogP contribution is -2.35. The Morgan fingerprint density at radius 3 is 2.50 bits per heavy atom. The van der Waals surface area contributed by atoms with E-state index in [-0.39, 0.29) is 12.0 Å². The number of hydrogen-bond acceptors (Lipinski definition) is 4. The molecule has 6 heteroatoms. The van der Waals surface area contributed by atoms with E-state index < -0.39 is 5.60 Å². The topological polar surface area (TPSA) is 48.0 Å². The lowest BCUT2D eigenvalue weighted by atomic mass is 9.89. The van der Waals surface area contributed by atoms with Gasteiger partial charge in [0.05, 0.1) is 14.2 Å². The number of carbonyl (C=O) groups is 1. The first-order chi connectivity index (χ1) is 11.3. The van der Waals surface area contributed by atoms with Crippen molar-refractivity contribution in [3.8, 4) is 11.5 Å². The molecule has 1 aromatic rings. The lowest BCUT2D eigenvalue weighted by molar-refractivity contribution is 0.0288. The summed E-state index contributed by atoms with van der Waals surface area (Å²) < 4.78 is 16.5. The number of hydrogen-bond donors (Lipinski definition) is 0. The first kappa shape index (κ1) is 18.9. The summed E-state index contributed by atoms with van der Waals surface area (Å²) in [6.45, 7) is 6.91. The number of alkyl halides is 1. The molecule has 0 radical (unpaired) electrons. The van der Waals surface area contributed by atoms with Crippen LogP contribution in [0.3, 0.4) is 0 Å². The van der Waals surface area contributed by atoms with Gasteiger partial charge in [-0.25, -0.2) is 4.79 Å². The molecule has 0 saturated carbocycles. The van der Waals surface area contributed by atoms with Crippen molar-refractivity contribution in [3.63, 3.8) is 0 Å². The molecule has 1 saturated heterocycles. The summed E-state index contributed by atoms with van der Waals surface area (Å²) in [7, 11) is 3.27. The highest BCUT2D eigenvalue weighted by atomic mass is 79.9. The number of benzene rings is 1. The van der Waals surface area contributed by atoms with Crippen LogP contribution in [-0.2, 0) is 4.74 Å². The fourth-order valence-electron chi connectivity index (χ4n) is 3.06. The molecule has 1 aliphatic heterocycles. The van der Waals surface area contributed by atoms with Crippen LogP contribution >= 0.6 is 15.9 Å². The molecule has 5 nitrogen and oxygen atoms in total. The minimum absolute atomic E-state index is 0.168. The number of ether oxygens (including phenoxy) is 3. The van der Waals surface area contributed by atoms with E-state index in [9.17, 15) is 4.79 Å². The Labute approximate surface area is 152 Å². The number of carbonyl (C=O) groups excluding carboxylic acids is 1. The number of nitrogens with zero attached hydrogens (tertiary/aromatic N) is 1. The molecule has 0 bridgehead atoms. The summed E-state index contributed by atoms with van der Waals surface area (Å²) in [5, 5.41) is 0.803. The monoisotopic (exact) mass is 399 g/mol. The summed E-state index contributed by atoms with van der Waals surface area (Å²) in [4.78, 5) is 14.2. The standard InChI is InChI=1S/C18H26BrNO4/c1-18(2,3)24-17(21)20-10-12(9-19)14(11-20)13-7-6-8-15(22-4)16(13)23-5/h6-8,12,14H,9-11H2,1-5H3/t12-,14-/m0/s1. The largest absolute Gasteiger partial charge is 0.493 e. The number of methoxy groups -OCH3 is 2. The van der Waals surface area contributed by atoms with E-state index in [2.05, 4.69) is 15.9 Å². The van der Waals surface area contributed by atoms with Gasteiger partial charge in [-0.05, 0) is 32.8 Å². The van der Waals surface area contributed by atoms with Crippen LogP contribution in [0.2, 0.25) is 0 Å². The number of likely N-dealkylation sites (tertiary alicyclic amines) is 1. The average molecular weight is 400 g/mol. The van der Waals surface area contributed by atoms with Gasteiger partial charge in [-0.15, -0.1) is 0 Å². The zero-order valence-electron chi connectivity index (χ0n) is 15.0. The number of amides is 1. The van der Waals surface area contributed by atoms with Gasteiger partial charge in [0, 0.05) is 29.9 Å². The normalized spacial score (nSPS) is 20.8. The molecule has 0 aromatic heterocycles. The predicted molar refractivity (Wildman–Crippen MR) is 97.4 cm³/mol. The summed E-state index contributed by atoms with van der Waals surface area (Å²) in [5.41, 5.74) is 0.569. The van der Waals surface area contributed by atoms with Crippen LogP contribution in [0.25, 0.3) is 0 Å². The van der Waals surface area contributed by atoms with Gasteiger partial charge in [0.15, 0.2) is 11.5 Å². The third-order valence-electron chi connectivity index (χ3n) is 4.12. The summed E-state index contributed by atoms with van der Waals surface area (Å²) >= 11 is 3.58. The van der Waals surface area contributed by atoms with E-state index in [0.29, 0.717) is 24.8 Å². The van der Waals surface area contributed by atoms with E-state index in [1.165, 1.54) is 0 Å². The van der Waals surface area contributed by atoms with Gasteiger partial charge >= 0.3 is 6.09 Å². The van der Waals surface area contributed by atoms with Crippen molar-refractivity contribution in [1.29, 1.82) is 0 Å². The number of para-hydroxylation sites is 1. The van der Waals surface area contributed by atoms with Gasteiger partial charge in [-0.2, -0.15) is 0 Å². The maximum atomic E-state index is 12.4. The molecular formula is C18H26BrNO4. The number of halogens is 1. The molecule has 1 fully saturated rings. The van der Waals surface area contributed by atoms with Gasteiger partial charge in [0.2, 0.25) is 0 Å². The Kier molecular flexibility index (Phi) is 6.01. The molecule has 24 heavy (non-hydrogen) atoms. The minimum atomic E-state index is -0.493. The van der Waals surface area contributed by atoms with Crippen LogP contribution < -0.4 is 9.47 Å². The van der Waals surface area contributed by atoms with Crippen LogP contribution in [-0.4, -0.2) is 49.2 Å². The lowest BCUT2D eigenvalue weighted by Gasteiger charge is -2.24. The van der Waals surface area contributed by atoms with Crippen LogP contribution in [0.5, 0.6) is 11.5 Å². The third kappa shape index (κ3) is 4.15. The molecule has 0 unspecified atom stereocenters. The number of rotatable bonds is 4. The van der Waals surface area contributed by atoms with Crippen molar-refractivity contribution in [2.24, 2.45) is 5.92 Å². The van der Waals surface area contributed by atoms with Crippen molar-refractivity contribution in [2.75, 3.05) is 32.6 Å². The van der Waals surface area contributed by atoms with Gasteiger partial charge in [0.1, 0.15) is 5.60 Å². The first-order valence-electron chi connectivity index (χ1n) is 8.05. The molecule has 1 aromatic carbocycles. The molecule has 0 spiro atoms. The van der Waals surface area contributed by atoms with Crippen LogP contribution in [0.1, 0.15) is 32.3 Å². The summed E-state index contributed by atoms with van der Waals surface area (Å²) in [5.74, 6) is 1.90. The van der Waals surface area contributed by atoms with Gasteiger partial charge < -0.3 is 19.1 Å². The Bertz CT molecular complexity index is 585. The Morgan fingerprint density at radius 2 is 1.96 bits per heavy atom. The molecule has 1 amide bonds. The molecule has 0 aliphatic carbocycles. The second kappa shape index (κ2) is 7.64. The molecule has 1 aliphatic rings. The van der Waals surface area contributed by atoms with E-state index in [0.717, 1.165) is 16.6 Å². The Morgan fingerprint density at radius 1 is 1.25 bits per heavy atom. The second-order valence-corrected chi connectivity index (χ2v) is 7.64. The smallest absolute Gasteiger partial charge is 0.410 e. The fourth-order valence-corrected chi connectivity index (χ4v) is 3.72. The van der Waals surface area contributed by atoms with Crippen molar-refractivity contribution in [3.05, 3.63) is 23.8 Å². The van der Waals surface area contributed by atoms with Gasteiger partial charge in [-0.3, -0.25) is 0 Å². The van der Waals surface area contributed by atoms with Crippen molar-refractivity contribution < 1.29 is 19.0 Å². The maximum absolute atomic E-state index is 12.4. The first-order valence-corrected chi connectivity index (χ1v) is 9.17. The minimum Gasteiger partial charge on any atom is -0.493 e. The molecule has 2 atom stereocenters. The maximum Gasteiger partial charge on any atom is 0.410 e. The summed E-state index contributed by atoms with van der Waals surface area (Å²) in [6, 6.07) is 5.88. The Hall–Kier alpha value is -1.43.